The number of aryl methyl sites for hydroxylation is 1. The Kier molecular flexibility index (Phi) is 5.95. The van der Waals surface area contributed by atoms with E-state index in [0.29, 0.717) is 10.6 Å². The molecule has 0 saturated carbocycles. The number of carbonyl (C=O) groups is 2. The Morgan fingerprint density at radius 3 is 2.38 bits per heavy atom. The van der Waals surface area contributed by atoms with Crippen molar-refractivity contribution >= 4 is 46.8 Å². The van der Waals surface area contributed by atoms with E-state index in [0.717, 1.165) is 22.6 Å². The molecule has 0 aliphatic carbocycles. The largest absolute Gasteiger partial charge is 0.318 e. The molecule has 2 heterocycles. The van der Waals surface area contributed by atoms with Gasteiger partial charge in [0.1, 0.15) is 11.4 Å². The summed E-state index contributed by atoms with van der Waals surface area (Å²) in [6, 6.07) is 15.1. The maximum Gasteiger partial charge on any atom is 0.265 e. The third-order valence-corrected chi connectivity index (χ3v) is 5.87. The van der Waals surface area contributed by atoms with E-state index in [2.05, 4.69) is 5.32 Å². The number of nitrogens with zero attached hydrogens (tertiary/aromatic N) is 2. The molecule has 8 heteroatoms. The summed E-state index contributed by atoms with van der Waals surface area (Å²) in [7, 11) is 0. The van der Waals surface area contributed by atoms with Gasteiger partial charge in [0.2, 0.25) is 0 Å². The van der Waals surface area contributed by atoms with E-state index >= 15 is 0 Å². The van der Waals surface area contributed by atoms with Gasteiger partial charge in [0.05, 0.1) is 6.54 Å². The highest BCUT2D eigenvalue weighted by atomic mass is 35.5. The molecule has 1 N–H and O–H groups in total. The van der Waals surface area contributed by atoms with E-state index in [1.54, 1.807) is 30.3 Å². The zero-order valence-corrected chi connectivity index (χ0v) is 18.9. The molecule has 3 aromatic rings. The second-order valence-corrected chi connectivity index (χ2v) is 8.30. The Morgan fingerprint density at radius 2 is 1.72 bits per heavy atom. The number of nitrogens with one attached hydrogen (secondary N) is 1. The number of carbonyl (C=O) groups excluding carboxylic acids is 2. The first-order chi connectivity index (χ1) is 15.2. The average Bonchev–Trinajstić information content (AvgIpc) is 3.03. The van der Waals surface area contributed by atoms with E-state index in [-0.39, 0.29) is 23.0 Å². The summed E-state index contributed by atoms with van der Waals surface area (Å²) in [5.41, 5.74) is 4.16. The summed E-state index contributed by atoms with van der Waals surface area (Å²) in [5, 5.41) is 3.23. The highest BCUT2D eigenvalue weighted by molar-refractivity contribution is 7.80. The van der Waals surface area contributed by atoms with Gasteiger partial charge in [-0.15, -0.1) is 0 Å². The van der Waals surface area contributed by atoms with E-state index < -0.39 is 11.8 Å². The number of amides is 2. The Bertz CT molecular complexity index is 1260. The maximum atomic E-state index is 13.2. The summed E-state index contributed by atoms with van der Waals surface area (Å²) in [4.78, 5) is 27.0. The fourth-order valence-corrected chi connectivity index (χ4v) is 4.05. The molecule has 1 aliphatic heterocycles. The third-order valence-electron chi connectivity index (χ3n) is 5.29. The smallest absolute Gasteiger partial charge is 0.265 e. The number of rotatable bonds is 4. The summed E-state index contributed by atoms with van der Waals surface area (Å²) in [6.45, 7) is 3.99. The van der Waals surface area contributed by atoms with Gasteiger partial charge < -0.3 is 4.57 Å². The molecule has 32 heavy (non-hydrogen) atoms. The highest BCUT2D eigenvalue weighted by Gasteiger charge is 2.33. The van der Waals surface area contributed by atoms with Crippen LogP contribution in [0.3, 0.4) is 0 Å². The summed E-state index contributed by atoms with van der Waals surface area (Å²) in [6.07, 6.45) is 1.58. The molecule has 1 saturated heterocycles. The molecular formula is C24H19ClFN3O2S. The zero-order valence-electron chi connectivity index (χ0n) is 17.4. The first kappa shape index (κ1) is 21.9. The monoisotopic (exact) mass is 467 g/mol. The molecule has 4 rings (SSSR count). The summed E-state index contributed by atoms with van der Waals surface area (Å²) >= 11 is 11.2. The molecule has 1 aliphatic rings. The Hall–Kier alpha value is -3.29. The average molecular weight is 468 g/mol. The van der Waals surface area contributed by atoms with Crippen LogP contribution >= 0.6 is 23.8 Å². The van der Waals surface area contributed by atoms with Gasteiger partial charge in [0.25, 0.3) is 11.8 Å². The standard InChI is InChI=1S/C24H19ClFN3O2S/c1-14-11-17(15(2)29(14)20-9-5-18(25)6-10-20)12-21-22(30)27-24(32)28(23(21)31)13-16-3-7-19(26)8-4-16/h3-12H,13H2,1-2H3,(H,27,30,32)/b21-12-. The van der Waals surface area contributed by atoms with Crippen LogP contribution in [0.5, 0.6) is 0 Å². The Labute approximate surface area is 195 Å². The molecule has 0 atom stereocenters. The molecule has 0 radical (unpaired) electrons. The highest BCUT2D eigenvalue weighted by Crippen LogP contribution is 2.25. The summed E-state index contributed by atoms with van der Waals surface area (Å²) < 4.78 is 15.2. The first-order valence-electron chi connectivity index (χ1n) is 9.83. The predicted molar refractivity (Wildman–Crippen MR) is 126 cm³/mol. The van der Waals surface area contributed by atoms with Crippen molar-refractivity contribution in [1.82, 2.24) is 14.8 Å². The van der Waals surface area contributed by atoms with Crippen LogP contribution in [-0.4, -0.2) is 26.4 Å². The van der Waals surface area contributed by atoms with Crippen LogP contribution in [0.2, 0.25) is 5.02 Å². The molecule has 2 amide bonds. The zero-order chi connectivity index (χ0) is 23.0. The van der Waals surface area contributed by atoms with Crippen molar-refractivity contribution < 1.29 is 14.0 Å². The lowest BCUT2D eigenvalue weighted by atomic mass is 10.1. The Morgan fingerprint density at radius 1 is 1.06 bits per heavy atom. The van der Waals surface area contributed by atoms with Crippen LogP contribution < -0.4 is 5.32 Å². The van der Waals surface area contributed by atoms with E-state index in [1.165, 1.54) is 17.0 Å². The van der Waals surface area contributed by atoms with Crippen molar-refractivity contribution in [3.63, 3.8) is 0 Å². The fraction of sp³-hybridized carbons (Fsp3) is 0.125. The second-order valence-electron chi connectivity index (χ2n) is 7.47. The van der Waals surface area contributed by atoms with Gasteiger partial charge in [-0.05, 0) is 85.7 Å². The number of hydrogen-bond donors (Lipinski definition) is 1. The van der Waals surface area contributed by atoms with Crippen molar-refractivity contribution in [1.29, 1.82) is 0 Å². The number of aromatic nitrogens is 1. The minimum absolute atomic E-state index is 0.0166. The molecule has 2 aromatic carbocycles. The number of thiocarbonyl (C=S) groups is 1. The first-order valence-corrected chi connectivity index (χ1v) is 10.6. The number of benzene rings is 2. The van der Waals surface area contributed by atoms with Gasteiger partial charge in [0.15, 0.2) is 5.11 Å². The number of hydrogen-bond acceptors (Lipinski definition) is 3. The van der Waals surface area contributed by atoms with Crippen LogP contribution in [0, 0.1) is 19.7 Å². The lowest BCUT2D eigenvalue weighted by Gasteiger charge is -2.29. The summed E-state index contributed by atoms with van der Waals surface area (Å²) in [5.74, 6) is -1.42. The minimum Gasteiger partial charge on any atom is -0.318 e. The third kappa shape index (κ3) is 4.22. The van der Waals surface area contributed by atoms with Gasteiger partial charge in [-0.25, -0.2) is 4.39 Å². The van der Waals surface area contributed by atoms with Gasteiger partial charge in [-0.3, -0.25) is 19.8 Å². The van der Waals surface area contributed by atoms with E-state index in [1.807, 2.05) is 36.6 Å². The van der Waals surface area contributed by atoms with Crippen LogP contribution in [0.4, 0.5) is 4.39 Å². The molecule has 1 aromatic heterocycles. The van der Waals surface area contributed by atoms with E-state index in [4.69, 9.17) is 23.8 Å². The Balaban J connectivity index is 1.68. The normalized spacial score (nSPS) is 15.4. The molecule has 0 unspecified atom stereocenters. The lowest BCUT2D eigenvalue weighted by molar-refractivity contribution is -0.129. The van der Waals surface area contributed by atoms with Gasteiger partial charge in [-0.2, -0.15) is 0 Å². The van der Waals surface area contributed by atoms with Crippen molar-refractivity contribution in [2.75, 3.05) is 0 Å². The second kappa shape index (κ2) is 8.68. The molecule has 162 valence electrons. The van der Waals surface area contributed by atoms with Crippen LogP contribution in [0.25, 0.3) is 11.8 Å². The fourth-order valence-electron chi connectivity index (χ4n) is 3.69. The van der Waals surface area contributed by atoms with E-state index in [9.17, 15) is 14.0 Å². The van der Waals surface area contributed by atoms with Gasteiger partial charge in [-0.1, -0.05) is 23.7 Å². The predicted octanol–water partition coefficient (Wildman–Crippen LogP) is 4.71. The lowest BCUT2D eigenvalue weighted by Crippen LogP contribution is -2.53. The SMILES string of the molecule is Cc1cc(/C=C2/C(=O)NC(=S)N(Cc3ccc(F)cc3)C2=O)c(C)n1-c1ccc(Cl)cc1. The van der Waals surface area contributed by atoms with Crippen molar-refractivity contribution in [3.8, 4) is 5.69 Å². The number of halogens is 2. The van der Waals surface area contributed by atoms with Crippen LogP contribution in [0.1, 0.15) is 22.5 Å². The quantitative estimate of drug-likeness (QED) is 0.343. The molecule has 1 fully saturated rings. The van der Waals surface area contributed by atoms with Gasteiger partial charge >= 0.3 is 0 Å². The maximum absolute atomic E-state index is 13.2. The topological polar surface area (TPSA) is 54.3 Å². The molecular weight excluding hydrogens is 449 g/mol. The minimum atomic E-state index is -0.549. The van der Waals surface area contributed by atoms with Crippen LogP contribution in [-0.2, 0) is 16.1 Å². The van der Waals surface area contributed by atoms with Crippen molar-refractivity contribution in [3.05, 3.63) is 93.5 Å². The van der Waals surface area contributed by atoms with Crippen molar-refractivity contribution in [2.45, 2.75) is 20.4 Å². The molecule has 0 bridgehead atoms. The molecule has 5 nitrogen and oxygen atoms in total. The van der Waals surface area contributed by atoms with Gasteiger partial charge in [0, 0.05) is 22.1 Å². The van der Waals surface area contributed by atoms with Crippen molar-refractivity contribution in [2.24, 2.45) is 0 Å². The van der Waals surface area contributed by atoms with Crippen LogP contribution in [0.15, 0.2) is 60.2 Å². The molecule has 0 spiro atoms.